The number of nitrogens with two attached hydrogens (primary N) is 1. The van der Waals surface area contributed by atoms with Crippen LogP contribution in [0.5, 0.6) is 0 Å². The maximum Gasteiger partial charge on any atom is 0.0800 e. The van der Waals surface area contributed by atoms with Crippen LogP contribution in [0.25, 0.3) is 0 Å². The summed E-state index contributed by atoms with van der Waals surface area (Å²) in [6.07, 6.45) is 1.40. The lowest BCUT2D eigenvalue weighted by molar-refractivity contribution is 0.0302. The van der Waals surface area contributed by atoms with Crippen LogP contribution in [0, 0.1) is 5.92 Å². The maximum atomic E-state index is 5.02. The highest BCUT2D eigenvalue weighted by atomic mass is 16.6. The lowest BCUT2D eigenvalue weighted by Crippen LogP contribution is -2.25. The Morgan fingerprint density at radius 2 is 2.56 bits per heavy atom. The minimum Gasteiger partial charge on any atom is -0.316 e. The van der Waals surface area contributed by atoms with Gasteiger partial charge in [-0.1, -0.05) is 0 Å². The van der Waals surface area contributed by atoms with Gasteiger partial charge in [-0.3, -0.25) is 0 Å². The Labute approximate surface area is 55.5 Å². The third-order valence-electron chi connectivity index (χ3n) is 1.98. The molecule has 0 aromatic heterocycles. The van der Waals surface area contributed by atoms with Crippen molar-refractivity contribution < 1.29 is 4.84 Å². The Balaban J connectivity index is 2.24. The first-order valence-electron chi connectivity index (χ1n) is 3.41. The molecule has 0 saturated carbocycles. The average molecular weight is 130 g/mol. The second-order valence-corrected chi connectivity index (χ2v) is 2.59. The third kappa shape index (κ3) is 1.64. The molecule has 1 heterocycles. The molecule has 3 N–H and O–H groups in total. The van der Waals surface area contributed by atoms with Crippen molar-refractivity contribution >= 4 is 0 Å². The topological polar surface area (TPSA) is 47.3 Å². The van der Waals surface area contributed by atoms with E-state index in [0.29, 0.717) is 5.92 Å². The van der Waals surface area contributed by atoms with Crippen LogP contribution in [0.4, 0.5) is 0 Å². The second kappa shape index (κ2) is 3.15. The van der Waals surface area contributed by atoms with Gasteiger partial charge in [-0.25, -0.2) is 5.90 Å². The summed E-state index contributed by atoms with van der Waals surface area (Å²) in [4.78, 5) is 4.69. The molecule has 0 bridgehead atoms. The van der Waals surface area contributed by atoms with Gasteiger partial charge in [0.25, 0.3) is 0 Å². The molecule has 1 rings (SSSR count). The van der Waals surface area contributed by atoms with Gasteiger partial charge in [0.15, 0.2) is 0 Å². The fourth-order valence-corrected chi connectivity index (χ4v) is 1.19. The second-order valence-electron chi connectivity index (χ2n) is 2.59. The molecule has 3 nitrogen and oxygen atoms in total. The Morgan fingerprint density at radius 3 is 3.00 bits per heavy atom. The minimum atomic E-state index is 0.208. The van der Waals surface area contributed by atoms with Crippen molar-refractivity contribution in [2.45, 2.75) is 19.4 Å². The molecule has 1 fully saturated rings. The van der Waals surface area contributed by atoms with Gasteiger partial charge in [-0.15, -0.1) is 0 Å². The summed E-state index contributed by atoms with van der Waals surface area (Å²) in [6, 6.07) is 0. The molecule has 0 radical (unpaired) electrons. The van der Waals surface area contributed by atoms with Crippen LogP contribution in [-0.2, 0) is 4.84 Å². The van der Waals surface area contributed by atoms with Crippen LogP contribution in [0.15, 0.2) is 0 Å². The first-order chi connectivity index (χ1) is 4.34. The van der Waals surface area contributed by atoms with Crippen molar-refractivity contribution in [2.24, 2.45) is 11.8 Å². The van der Waals surface area contributed by atoms with Gasteiger partial charge in [-0.05, 0) is 19.9 Å². The van der Waals surface area contributed by atoms with Crippen molar-refractivity contribution in [2.75, 3.05) is 13.1 Å². The quantitative estimate of drug-likeness (QED) is 0.512. The molecule has 3 heteroatoms. The summed E-state index contributed by atoms with van der Waals surface area (Å²) in [5.41, 5.74) is 0. The fraction of sp³-hybridized carbons (Fsp3) is 1.00. The first-order valence-corrected chi connectivity index (χ1v) is 3.41. The van der Waals surface area contributed by atoms with Gasteiger partial charge in [-0.2, -0.15) is 0 Å². The zero-order valence-corrected chi connectivity index (χ0v) is 5.76. The van der Waals surface area contributed by atoms with E-state index in [9.17, 15) is 0 Å². The molecule has 1 aliphatic heterocycles. The zero-order chi connectivity index (χ0) is 6.69. The standard InChI is InChI=1S/C6H14N2O/c1-5(9-7)6-2-3-8-4-6/h5-6,8H,2-4,7H2,1H3. The smallest absolute Gasteiger partial charge is 0.0800 e. The first kappa shape index (κ1) is 6.99. The van der Waals surface area contributed by atoms with Crippen molar-refractivity contribution in [1.82, 2.24) is 5.32 Å². The predicted octanol–water partition coefficient (Wildman–Crippen LogP) is -0.125. The molecule has 1 aliphatic rings. The number of rotatable bonds is 2. The van der Waals surface area contributed by atoms with Gasteiger partial charge < -0.3 is 10.2 Å². The normalized spacial score (nSPS) is 30.7. The van der Waals surface area contributed by atoms with E-state index in [1.165, 1.54) is 6.42 Å². The fourth-order valence-electron chi connectivity index (χ4n) is 1.19. The Kier molecular flexibility index (Phi) is 2.45. The summed E-state index contributed by atoms with van der Waals surface area (Å²) in [5.74, 6) is 5.64. The molecule has 0 aliphatic carbocycles. The van der Waals surface area contributed by atoms with Crippen LogP contribution in [0.3, 0.4) is 0 Å². The van der Waals surface area contributed by atoms with E-state index in [1.807, 2.05) is 6.92 Å². The predicted molar refractivity (Wildman–Crippen MR) is 35.7 cm³/mol. The summed E-state index contributed by atoms with van der Waals surface area (Å²) in [5, 5.41) is 3.25. The third-order valence-corrected chi connectivity index (χ3v) is 1.98. The maximum absolute atomic E-state index is 5.02. The largest absolute Gasteiger partial charge is 0.316 e. The molecule has 54 valence electrons. The van der Waals surface area contributed by atoms with Crippen LogP contribution in [-0.4, -0.2) is 19.2 Å². The molecule has 9 heavy (non-hydrogen) atoms. The number of nitrogens with one attached hydrogen (secondary N) is 1. The van der Waals surface area contributed by atoms with Crippen LogP contribution >= 0.6 is 0 Å². The minimum absolute atomic E-state index is 0.208. The molecule has 1 saturated heterocycles. The summed E-state index contributed by atoms with van der Waals surface area (Å²) >= 11 is 0. The summed E-state index contributed by atoms with van der Waals surface area (Å²) < 4.78 is 0. The highest BCUT2D eigenvalue weighted by Crippen LogP contribution is 2.13. The average Bonchev–Trinajstić information content (AvgIpc) is 2.37. The van der Waals surface area contributed by atoms with Crippen molar-refractivity contribution in [3.8, 4) is 0 Å². The van der Waals surface area contributed by atoms with E-state index in [-0.39, 0.29) is 6.10 Å². The van der Waals surface area contributed by atoms with E-state index in [0.717, 1.165) is 13.1 Å². The van der Waals surface area contributed by atoms with Crippen LogP contribution in [0.1, 0.15) is 13.3 Å². The van der Waals surface area contributed by atoms with E-state index < -0.39 is 0 Å². The Hall–Kier alpha value is -0.120. The van der Waals surface area contributed by atoms with Gasteiger partial charge in [0.05, 0.1) is 6.10 Å². The van der Waals surface area contributed by atoms with Crippen LogP contribution < -0.4 is 11.2 Å². The molecule has 2 unspecified atom stereocenters. The Bertz CT molecular complexity index is 81.1. The molecule has 0 aromatic carbocycles. The highest BCUT2D eigenvalue weighted by molar-refractivity contribution is 4.75. The lowest BCUT2D eigenvalue weighted by Gasteiger charge is -2.14. The molecule has 2 atom stereocenters. The van der Waals surface area contributed by atoms with Gasteiger partial charge in [0, 0.05) is 12.5 Å². The Morgan fingerprint density at radius 1 is 1.78 bits per heavy atom. The van der Waals surface area contributed by atoms with E-state index in [2.05, 4.69) is 5.32 Å². The van der Waals surface area contributed by atoms with Crippen LogP contribution in [0.2, 0.25) is 0 Å². The van der Waals surface area contributed by atoms with E-state index in [4.69, 9.17) is 10.7 Å². The van der Waals surface area contributed by atoms with E-state index >= 15 is 0 Å². The van der Waals surface area contributed by atoms with Gasteiger partial charge >= 0.3 is 0 Å². The lowest BCUT2D eigenvalue weighted by atomic mass is 10.0. The number of hydrogen-bond acceptors (Lipinski definition) is 3. The molecular weight excluding hydrogens is 116 g/mol. The SMILES string of the molecule is CC(ON)C1CCNC1. The monoisotopic (exact) mass is 130 g/mol. The molecular formula is C6H14N2O. The molecule has 0 amide bonds. The van der Waals surface area contributed by atoms with E-state index in [1.54, 1.807) is 0 Å². The summed E-state index contributed by atoms with van der Waals surface area (Å²) in [7, 11) is 0. The van der Waals surface area contributed by atoms with Gasteiger partial charge in [0.1, 0.15) is 0 Å². The van der Waals surface area contributed by atoms with Crippen molar-refractivity contribution in [1.29, 1.82) is 0 Å². The molecule has 0 spiro atoms. The zero-order valence-electron chi connectivity index (χ0n) is 5.76. The highest BCUT2D eigenvalue weighted by Gasteiger charge is 2.20. The number of hydrogen-bond donors (Lipinski definition) is 2. The molecule has 0 aromatic rings. The van der Waals surface area contributed by atoms with Crippen molar-refractivity contribution in [3.63, 3.8) is 0 Å². The summed E-state index contributed by atoms with van der Waals surface area (Å²) in [6.45, 7) is 4.18. The van der Waals surface area contributed by atoms with Gasteiger partial charge in [0.2, 0.25) is 0 Å². The van der Waals surface area contributed by atoms with Crippen molar-refractivity contribution in [3.05, 3.63) is 0 Å².